The van der Waals surface area contributed by atoms with Gasteiger partial charge in [0.05, 0.1) is 12.0 Å². The molecule has 1 fully saturated rings. The van der Waals surface area contributed by atoms with Gasteiger partial charge in [0, 0.05) is 18.3 Å². The van der Waals surface area contributed by atoms with Crippen LogP contribution < -0.4 is 16.1 Å². The lowest BCUT2D eigenvalue weighted by molar-refractivity contribution is -0.138. The fourth-order valence-corrected chi connectivity index (χ4v) is 3.51. The maximum absolute atomic E-state index is 12.9. The summed E-state index contributed by atoms with van der Waals surface area (Å²) in [6.45, 7) is 0. The Balaban J connectivity index is 1.51. The number of amides is 2. The van der Waals surface area contributed by atoms with Crippen LogP contribution in [-0.2, 0) is 4.79 Å². The monoisotopic (exact) mass is 431 g/mol. The summed E-state index contributed by atoms with van der Waals surface area (Å²) in [6, 6.07) is 18.9. The van der Waals surface area contributed by atoms with Gasteiger partial charge < -0.3 is 20.7 Å². The summed E-state index contributed by atoms with van der Waals surface area (Å²) < 4.78 is 0. The van der Waals surface area contributed by atoms with Crippen molar-refractivity contribution in [2.24, 2.45) is 5.92 Å². The molecule has 4 rings (SSSR count). The molecule has 1 aliphatic carbocycles. The highest BCUT2D eigenvalue weighted by Crippen LogP contribution is 2.30. The zero-order valence-electron chi connectivity index (χ0n) is 16.9. The van der Waals surface area contributed by atoms with Crippen molar-refractivity contribution in [1.82, 2.24) is 15.6 Å². The third-order valence-electron chi connectivity index (χ3n) is 5.37. The number of H-pyrrole nitrogens is 1. The molecular formula is C24H21N3O5. The van der Waals surface area contributed by atoms with Crippen molar-refractivity contribution in [3.05, 3.63) is 106 Å². The highest BCUT2D eigenvalue weighted by molar-refractivity contribution is 5.97. The van der Waals surface area contributed by atoms with Gasteiger partial charge in [0.25, 0.3) is 11.8 Å². The fourth-order valence-electron chi connectivity index (χ4n) is 3.51. The van der Waals surface area contributed by atoms with Gasteiger partial charge in [-0.25, -0.2) is 0 Å². The number of hydrogen-bond donors (Lipinski definition) is 4. The molecule has 8 heteroatoms. The molecule has 0 radical (unpaired) electrons. The summed E-state index contributed by atoms with van der Waals surface area (Å²) in [4.78, 5) is 51.3. The molecular weight excluding hydrogens is 410 g/mol. The average molecular weight is 431 g/mol. The smallest absolute Gasteiger partial charge is 0.308 e. The Hall–Kier alpha value is -4.20. The van der Waals surface area contributed by atoms with Crippen LogP contribution in [0.5, 0.6) is 0 Å². The summed E-state index contributed by atoms with van der Waals surface area (Å²) in [6.07, 6.45) is 1.55. The van der Waals surface area contributed by atoms with Gasteiger partial charge in [0.2, 0.25) is 0 Å². The van der Waals surface area contributed by atoms with Gasteiger partial charge in [-0.05, 0) is 17.5 Å². The van der Waals surface area contributed by atoms with Crippen LogP contribution in [0.3, 0.4) is 0 Å². The van der Waals surface area contributed by atoms with E-state index >= 15 is 0 Å². The second-order valence-electron chi connectivity index (χ2n) is 7.61. The molecule has 0 aliphatic heterocycles. The van der Waals surface area contributed by atoms with Gasteiger partial charge in [0.1, 0.15) is 11.3 Å². The van der Waals surface area contributed by atoms with Crippen molar-refractivity contribution in [2.45, 2.75) is 18.5 Å². The first-order valence-electron chi connectivity index (χ1n) is 10.1. The normalized spacial score (nSPS) is 16.9. The van der Waals surface area contributed by atoms with Crippen LogP contribution in [0, 0.1) is 5.92 Å². The number of carbonyl (C=O) groups is 3. The largest absolute Gasteiger partial charge is 0.481 e. The van der Waals surface area contributed by atoms with Crippen molar-refractivity contribution in [3.63, 3.8) is 0 Å². The Morgan fingerprint density at radius 3 is 2.03 bits per heavy atom. The van der Waals surface area contributed by atoms with E-state index in [-0.39, 0.29) is 11.3 Å². The van der Waals surface area contributed by atoms with Crippen molar-refractivity contribution in [2.75, 3.05) is 0 Å². The van der Waals surface area contributed by atoms with Crippen LogP contribution in [0.25, 0.3) is 0 Å². The summed E-state index contributed by atoms with van der Waals surface area (Å²) in [5.41, 5.74) is 0.934. The van der Waals surface area contributed by atoms with E-state index in [4.69, 9.17) is 5.11 Å². The molecule has 1 aromatic heterocycles. The molecule has 0 bridgehead atoms. The molecule has 32 heavy (non-hydrogen) atoms. The second-order valence-corrected chi connectivity index (χ2v) is 7.61. The third-order valence-corrected chi connectivity index (χ3v) is 5.37. The summed E-state index contributed by atoms with van der Waals surface area (Å²) in [5.74, 6) is -2.75. The number of carboxylic acid groups (broad SMARTS) is 1. The molecule has 162 valence electrons. The average Bonchev–Trinajstić information content (AvgIpc) is 3.58. The quantitative estimate of drug-likeness (QED) is 0.455. The minimum atomic E-state index is -0.970. The lowest BCUT2D eigenvalue weighted by Crippen LogP contribution is -2.34. The van der Waals surface area contributed by atoms with E-state index in [9.17, 15) is 19.2 Å². The number of aliphatic carboxylic acids is 1. The minimum absolute atomic E-state index is 0.0368. The number of benzene rings is 2. The van der Waals surface area contributed by atoms with Crippen LogP contribution in [0.2, 0.25) is 0 Å². The van der Waals surface area contributed by atoms with Crippen LogP contribution >= 0.6 is 0 Å². The van der Waals surface area contributed by atoms with Gasteiger partial charge in [0.15, 0.2) is 5.43 Å². The predicted molar refractivity (Wildman–Crippen MR) is 116 cm³/mol. The highest BCUT2D eigenvalue weighted by Gasteiger charge is 2.44. The number of aromatic amines is 1. The first-order valence-corrected chi connectivity index (χ1v) is 10.1. The lowest BCUT2D eigenvalue weighted by Gasteiger charge is -2.20. The van der Waals surface area contributed by atoms with Crippen LogP contribution in [-0.4, -0.2) is 33.9 Å². The first-order chi connectivity index (χ1) is 15.4. The second kappa shape index (κ2) is 8.89. The Bertz CT molecular complexity index is 1170. The van der Waals surface area contributed by atoms with Gasteiger partial charge in [-0.1, -0.05) is 60.7 Å². The maximum atomic E-state index is 12.9. The van der Waals surface area contributed by atoms with E-state index in [1.165, 1.54) is 6.20 Å². The molecule has 0 spiro atoms. The molecule has 2 aromatic carbocycles. The van der Waals surface area contributed by atoms with Crippen molar-refractivity contribution >= 4 is 17.8 Å². The Labute approximate surface area is 183 Å². The van der Waals surface area contributed by atoms with Crippen LogP contribution in [0.15, 0.2) is 77.7 Å². The molecule has 4 N–H and O–H groups in total. The zero-order chi connectivity index (χ0) is 22.7. The molecule has 8 nitrogen and oxygen atoms in total. The SMILES string of the molecule is O=C(N[C@H]1C[C@@H]1C(=O)O)c1cc(=O)c(C(=O)NC(c2ccccc2)c2ccccc2)c[nH]1. The maximum Gasteiger partial charge on any atom is 0.308 e. The summed E-state index contributed by atoms with van der Waals surface area (Å²) in [5, 5.41) is 14.4. The van der Waals surface area contributed by atoms with Crippen molar-refractivity contribution < 1.29 is 19.5 Å². The fraction of sp³-hybridized carbons (Fsp3) is 0.167. The molecule has 0 unspecified atom stereocenters. The molecule has 0 saturated heterocycles. The molecule has 3 aromatic rings. The molecule has 2 amide bonds. The standard InChI is InChI=1S/C24H21N3O5/c28-20-12-19(23(30)26-18-11-16(18)24(31)32)25-13-17(20)22(29)27-21(14-7-3-1-4-8-14)15-9-5-2-6-10-15/h1-10,12-13,16,18,21H,11H2,(H,25,28)(H,26,30)(H,27,29)(H,31,32)/t16-,18-/m0/s1. The van der Waals surface area contributed by atoms with E-state index in [0.29, 0.717) is 6.42 Å². The molecule has 1 saturated carbocycles. The van der Waals surface area contributed by atoms with Crippen LogP contribution in [0.4, 0.5) is 0 Å². The predicted octanol–water partition coefficient (Wildman–Crippen LogP) is 2.10. The number of carboxylic acids is 1. The zero-order valence-corrected chi connectivity index (χ0v) is 16.9. The number of aromatic nitrogens is 1. The van der Waals surface area contributed by atoms with Gasteiger partial charge in [-0.15, -0.1) is 0 Å². The Morgan fingerprint density at radius 2 is 1.53 bits per heavy atom. The topological polar surface area (TPSA) is 128 Å². The molecule has 1 aliphatic rings. The number of nitrogens with one attached hydrogen (secondary N) is 3. The van der Waals surface area contributed by atoms with Gasteiger partial charge >= 0.3 is 5.97 Å². The van der Waals surface area contributed by atoms with Crippen molar-refractivity contribution in [1.29, 1.82) is 0 Å². The third kappa shape index (κ3) is 4.59. The summed E-state index contributed by atoms with van der Waals surface area (Å²) in [7, 11) is 0. The van der Waals surface area contributed by atoms with E-state index < -0.39 is 41.2 Å². The highest BCUT2D eigenvalue weighted by atomic mass is 16.4. The Kier molecular flexibility index (Phi) is 5.85. The number of hydrogen-bond acceptors (Lipinski definition) is 4. The number of carbonyl (C=O) groups excluding carboxylic acids is 2. The van der Waals surface area contributed by atoms with Gasteiger partial charge in [-0.3, -0.25) is 19.2 Å². The molecule has 1 heterocycles. The van der Waals surface area contributed by atoms with E-state index in [2.05, 4.69) is 15.6 Å². The van der Waals surface area contributed by atoms with E-state index in [1.54, 1.807) is 0 Å². The van der Waals surface area contributed by atoms with Crippen LogP contribution in [0.1, 0.15) is 44.4 Å². The molecule has 2 atom stereocenters. The number of pyridine rings is 1. The Morgan fingerprint density at radius 1 is 0.938 bits per heavy atom. The first kappa shape index (κ1) is 21.0. The van der Waals surface area contributed by atoms with Crippen molar-refractivity contribution in [3.8, 4) is 0 Å². The van der Waals surface area contributed by atoms with E-state index in [1.807, 2.05) is 60.7 Å². The van der Waals surface area contributed by atoms with E-state index in [0.717, 1.165) is 17.2 Å². The number of rotatable bonds is 7. The minimum Gasteiger partial charge on any atom is -0.481 e. The van der Waals surface area contributed by atoms with Gasteiger partial charge in [-0.2, -0.15) is 0 Å². The summed E-state index contributed by atoms with van der Waals surface area (Å²) >= 11 is 0. The lowest BCUT2D eigenvalue weighted by atomic mass is 9.98.